The van der Waals surface area contributed by atoms with Crippen LogP contribution in [0.4, 0.5) is 5.69 Å². The van der Waals surface area contributed by atoms with Gasteiger partial charge in [-0.05, 0) is 43.3 Å². The molecule has 8 heteroatoms. The molecule has 0 aliphatic rings. The fourth-order valence-electron chi connectivity index (χ4n) is 2.36. The quantitative estimate of drug-likeness (QED) is 0.594. The highest BCUT2D eigenvalue weighted by Gasteiger charge is 2.09. The van der Waals surface area contributed by atoms with Gasteiger partial charge in [-0.2, -0.15) is 0 Å². The number of hydrogen-bond donors (Lipinski definition) is 2. The number of hydrogen-bond acceptors (Lipinski definition) is 6. The number of anilines is 1. The van der Waals surface area contributed by atoms with Crippen molar-refractivity contribution in [1.29, 1.82) is 0 Å². The van der Waals surface area contributed by atoms with E-state index < -0.39 is 0 Å². The normalized spacial score (nSPS) is 10.0. The number of ether oxygens (including phenoxy) is 3. The highest BCUT2D eigenvalue weighted by atomic mass is 16.5. The zero-order valence-electron chi connectivity index (χ0n) is 16.4. The number of carbonyl (C=O) groups is 3. The van der Waals surface area contributed by atoms with Crippen LogP contribution in [0, 0.1) is 0 Å². The van der Waals surface area contributed by atoms with Gasteiger partial charge in [0.1, 0.15) is 11.5 Å². The van der Waals surface area contributed by atoms with Gasteiger partial charge in [0.05, 0.1) is 20.1 Å². The monoisotopic (exact) mass is 400 g/mol. The zero-order chi connectivity index (χ0) is 21.1. The molecule has 0 aliphatic carbocycles. The fourth-order valence-corrected chi connectivity index (χ4v) is 2.36. The second-order valence-corrected chi connectivity index (χ2v) is 5.90. The Hall–Kier alpha value is -3.55. The maximum atomic E-state index is 12.0. The van der Waals surface area contributed by atoms with E-state index in [1.54, 1.807) is 62.6 Å². The molecule has 8 nitrogen and oxygen atoms in total. The smallest absolute Gasteiger partial charge is 0.307 e. The first kappa shape index (κ1) is 21.7. The van der Waals surface area contributed by atoms with Crippen LogP contribution in [0.15, 0.2) is 48.5 Å². The third-order valence-corrected chi connectivity index (χ3v) is 3.76. The van der Waals surface area contributed by atoms with E-state index in [2.05, 4.69) is 10.6 Å². The number of benzene rings is 2. The van der Waals surface area contributed by atoms with E-state index >= 15 is 0 Å². The number of methoxy groups -OCH3 is 1. The lowest BCUT2D eigenvalue weighted by Crippen LogP contribution is -2.26. The van der Waals surface area contributed by atoms with Gasteiger partial charge in [0.2, 0.25) is 0 Å². The van der Waals surface area contributed by atoms with Crippen molar-refractivity contribution in [3.63, 3.8) is 0 Å². The molecule has 0 radical (unpaired) electrons. The summed E-state index contributed by atoms with van der Waals surface area (Å²) in [4.78, 5) is 35.3. The Morgan fingerprint density at radius 3 is 2.45 bits per heavy atom. The van der Waals surface area contributed by atoms with Gasteiger partial charge in [0.25, 0.3) is 11.8 Å². The fraction of sp³-hybridized carbons (Fsp3) is 0.286. The van der Waals surface area contributed by atoms with E-state index in [0.29, 0.717) is 29.4 Å². The third kappa shape index (κ3) is 7.53. The zero-order valence-corrected chi connectivity index (χ0v) is 16.4. The Kier molecular flexibility index (Phi) is 8.50. The summed E-state index contributed by atoms with van der Waals surface area (Å²) >= 11 is 0. The minimum atomic E-state index is -0.358. The van der Waals surface area contributed by atoms with Crippen molar-refractivity contribution in [2.45, 2.75) is 13.3 Å². The molecule has 0 fully saturated rings. The van der Waals surface area contributed by atoms with Crippen LogP contribution in [0.3, 0.4) is 0 Å². The molecule has 29 heavy (non-hydrogen) atoms. The van der Waals surface area contributed by atoms with Crippen molar-refractivity contribution in [2.75, 3.05) is 32.2 Å². The van der Waals surface area contributed by atoms with Gasteiger partial charge in [0.15, 0.2) is 6.61 Å². The van der Waals surface area contributed by atoms with Crippen LogP contribution in [-0.2, 0) is 14.3 Å². The summed E-state index contributed by atoms with van der Waals surface area (Å²) in [7, 11) is 1.55. The second-order valence-electron chi connectivity index (χ2n) is 5.90. The summed E-state index contributed by atoms with van der Waals surface area (Å²) in [5, 5.41) is 5.35. The maximum absolute atomic E-state index is 12.0. The van der Waals surface area contributed by atoms with E-state index in [9.17, 15) is 14.4 Å². The van der Waals surface area contributed by atoms with Crippen LogP contribution in [-0.4, -0.2) is 44.7 Å². The highest BCUT2D eigenvalue weighted by molar-refractivity contribution is 5.94. The van der Waals surface area contributed by atoms with Crippen LogP contribution in [0.5, 0.6) is 11.5 Å². The molecule has 2 aromatic carbocycles. The molecule has 2 amide bonds. The Morgan fingerprint density at radius 1 is 1.00 bits per heavy atom. The number of nitrogens with one attached hydrogen (secondary N) is 2. The molecule has 0 saturated carbocycles. The van der Waals surface area contributed by atoms with Crippen LogP contribution in [0.1, 0.15) is 23.7 Å². The van der Waals surface area contributed by atoms with Crippen molar-refractivity contribution >= 4 is 23.5 Å². The van der Waals surface area contributed by atoms with E-state index in [1.165, 1.54) is 0 Å². The van der Waals surface area contributed by atoms with E-state index in [0.717, 1.165) is 0 Å². The van der Waals surface area contributed by atoms with Crippen LogP contribution in [0.2, 0.25) is 0 Å². The molecule has 0 aromatic heterocycles. The molecule has 0 atom stereocenters. The maximum Gasteiger partial charge on any atom is 0.307 e. The van der Waals surface area contributed by atoms with Crippen molar-refractivity contribution in [2.24, 2.45) is 0 Å². The van der Waals surface area contributed by atoms with E-state index in [1.807, 2.05) is 0 Å². The molecule has 0 bridgehead atoms. The number of esters is 1. The van der Waals surface area contributed by atoms with Gasteiger partial charge >= 0.3 is 5.97 Å². The molecule has 2 aromatic rings. The lowest BCUT2D eigenvalue weighted by molar-refractivity contribution is -0.142. The van der Waals surface area contributed by atoms with Gasteiger partial charge < -0.3 is 24.8 Å². The predicted octanol–water partition coefficient (Wildman–Crippen LogP) is 2.40. The summed E-state index contributed by atoms with van der Waals surface area (Å²) in [6, 6.07) is 13.3. The van der Waals surface area contributed by atoms with Crippen LogP contribution in [0.25, 0.3) is 0 Å². The van der Waals surface area contributed by atoms with E-state index in [-0.39, 0.29) is 37.4 Å². The average Bonchev–Trinajstić information content (AvgIpc) is 2.73. The van der Waals surface area contributed by atoms with Gasteiger partial charge in [-0.15, -0.1) is 0 Å². The number of amides is 2. The van der Waals surface area contributed by atoms with Crippen molar-refractivity contribution < 1.29 is 28.6 Å². The third-order valence-electron chi connectivity index (χ3n) is 3.76. The Bertz CT molecular complexity index is 835. The predicted molar refractivity (Wildman–Crippen MR) is 107 cm³/mol. The molecule has 2 rings (SSSR count). The molecule has 2 N–H and O–H groups in total. The number of carbonyl (C=O) groups excluding carboxylic acids is 3. The molecule has 0 spiro atoms. The molecular weight excluding hydrogens is 376 g/mol. The summed E-state index contributed by atoms with van der Waals surface area (Å²) in [5.74, 6) is 0.105. The second kappa shape index (κ2) is 11.3. The molecule has 0 heterocycles. The topological polar surface area (TPSA) is 103 Å². The Labute approximate surface area is 169 Å². The summed E-state index contributed by atoms with van der Waals surface area (Å²) in [6.45, 7) is 2.05. The first-order valence-electron chi connectivity index (χ1n) is 9.12. The molecule has 0 aliphatic heterocycles. The van der Waals surface area contributed by atoms with Crippen molar-refractivity contribution in [3.8, 4) is 11.5 Å². The van der Waals surface area contributed by atoms with Crippen molar-refractivity contribution in [3.05, 3.63) is 54.1 Å². The largest absolute Gasteiger partial charge is 0.497 e. The molecule has 0 unspecified atom stereocenters. The van der Waals surface area contributed by atoms with Crippen LogP contribution < -0.4 is 20.1 Å². The minimum absolute atomic E-state index is 0.114. The molecule has 0 saturated heterocycles. The van der Waals surface area contributed by atoms with Crippen molar-refractivity contribution in [1.82, 2.24) is 5.32 Å². The van der Waals surface area contributed by atoms with Gasteiger partial charge in [0, 0.05) is 23.9 Å². The molecule has 154 valence electrons. The lowest BCUT2D eigenvalue weighted by Gasteiger charge is -2.09. The highest BCUT2D eigenvalue weighted by Crippen LogP contribution is 2.17. The minimum Gasteiger partial charge on any atom is -0.497 e. The summed E-state index contributed by atoms with van der Waals surface area (Å²) in [6.07, 6.45) is 0.114. The lowest BCUT2D eigenvalue weighted by atomic mass is 10.2. The number of rotatable bonds is 10. The first-order valence-corrected chi connectivity index (χ1v) is 9.12. The summed E-state index contributed by atoms with van der Waals surface area (Å²) in [5.41, 5.74) is 1.02. The first-order chi connectivity index (χ1) is 14.0. The van der Waals surface area contributed by atoms with E-state index in [4.69, 9.17) is 14.2 Å². The Morgan fingerprint density at radius 2 is 1.76 bits per heavy atom. The summed E-state index contributed by atoms with van der Waals surface area (Å²) < 4.78 is 15.3. The SMILES string of the molecule is CCOC(=O)CCNC(=O)c1ccc(OCC(=O)Nc2cccc(OC)c2)cc1. The van der Waals surface area contributed by atoms with Gasteiger partial charge in [-0.25, -0.2) is 0 Å². The Balaban J connectivity index is 1.77. The average molecular weight is 400 g/mol. The van der Waals surface area contributed by atoms with Crippen LogP contribution >= 0.6 is 0 Å². The van der Waals surface area contributed by atoms with Gasteiger partial charge in [-0.1, -0.05) is 6.07 Å². The standard InChI is InChI=1S/C21H24N2O6/c1-3-28-20(25)11-12-22-21(26)15-7-9-17(10-8-15)29-14-19(24)23-16-5-4-6-18(13-16)27-2/h4-10,13H,3,11-12,14H2,1-2H3,(H,22,26)(H,23,24). The van der Waals surface area contributed by atoms with Gasteiger partial charge in [-0.3, -0.25) is 14.4 Å². The molecular formula is C21H24N2O6.